The molecular formula is C23H28N6O. The molecule has 1 atom stereocenters. The van der Waals surface area contributed by atoms with Crippen molar-refractivity contribution < 1.29 is 4.79 Å². The number of fused-ring (bicyclic) bond motifs is 1. The summed E-state index contributed by atoms with van der Waals surface area (Å²) in [5.41, 5.74) is 2.14. The van der Waals surface area contributed by atoms with Gasteiger partial charge in [-0.25, -0.2) is 0 Å². The summed E-state index contributed by atoms with van der Waals surface area (Å²) in [4.78, 5) is 17.6. The average molecular weight is 405 g/mol. The van der Waals surface area contributed by atoms with Crippen molar-refractivity contribution in [2.24, 2.45) is 11.8 Å². The van der Waals surface area contributed by atoms with Gasteiger partial charge in [0, 0.05) is 26.2 Å². The zero-order valence-corrected chi connectivity index (χ0v) is 17.2. The van der Waals surface area contributed by atoms with Crippen LogP contribution in [0, 0.1) is 11.8 Å². The minimum absolute atomic E-state index is 0.0582. The van der Waals surface area contributed by atoms with E-state index in [4.69, 9.17) is 0 Å². The van der Waals surface area contributed by atoms with Crippen molar-refractivity contribution in [2.45, 2.75) is 32.1 Å². The number of carbonyl (C=O) groups is 1. The third-order valence-corrected chi connectivity index (χ3v) is 6.54. The van der Waals surface area contributed by atoms with E-state index in [0.717, 1.165) is 69.7 Å². The molecule has 2 aliphatic rings. The van der Waals surface area contributed by atoms with Gasteiger partial charge in [-0.1, -0.05) is 30.3 Å². The van der Waals surface area contributed by atoms with Crippen molar-refractivity contribution in [1.29, 1.82) is 0 Å². The van der Waals surface area contributed by atoms with Crippen molar-refractivity contribution >= 4 is 17.4 Å². The second kappa shape index (κ2) is 8.42. The van der Waals surface area contributed by atoms with Crippen molar-refractivity contribution in [3.8, 4) is 0 Å². The zero-order chi connectivity index (χ0) is 20.3. The lowest BCUT2D eigenvalue weighted by atomic mass is 9.89. The van der Waals surface area contributed by atoms with Crippen LogP contribution in [0.5, 0.6) is 0 Å². The second-order valence-electron chi connectivity index (χ2n) is 8.57. The zero-order valence-electron chi connectivity index (χ0n) is 17.2. The maximum absolute atomic E-state index is 13.2. The molecule has 0 radical (unpaired) electrons. The average Bonchev–Trinajstić information content (AvgIpc) is 3.28. The van der Waals surface area contributed by atoms with Crippen molar-refractivity contribution in [3.05, 3.63) is 54.4 Å². The van der Waals surface area contributed by atoms with Crippen LogP contribution in [-0.2, 0) is 11.2 Å². The molecule has 4 heterocycles. The number of anilines is 1. The Labute approximate surface area is 176 Å². The van der Waals surface area contributed by atoms with E-state index in [1.165, 1.54) is 5.56 Å². The fourth-order valence-electron chi connectivity index (χ4n) is 4.84. The minimum atomic E-state index is 0.0582. The highest BCUT2D eigenvalue weighted by atomic mass is 16.2. The van der Waals surface area contributed by atoms with Gasteiger partial charge in [0.25, 0.3) is 0 Å². The predicted octanol–water partition coefficient (Wildman–Crippen LogP) is 2.82. The summed E-state index contributed by atoms with van der Waals surface area (Å²) in [6.07, 6.45) is 6.92. The maximum Gasteiger partial charge on any atom is 0.227 e. The Hall–Kier alpha value is -2.96. The van der Waals surface area contributed by atoms with Gasteiger partial charge in [0.05, 0.1) is 5.92 Å². The first-order valence-electron chi connectivity index (χ1n) is 11.0. The molecule has 0 bridgehead atoms. The molecular weight excluding hydrogens is 376 g/mol. The Bertz CT molecular complexity index is 995. The van der Waals surface area contributed by atoms with Crippen molar-refractivity contribution in [3.63, 3.8) is 0 Å². The monoisotopic (exact) mass is 404 g/mol. The first-order valence-corrected chi connectivity index (χ1v) is 11.0. The first-order chi connectivity index (χ1) is 14.8. The van der Waals surface area contributed by atoms with E-state index >= 15 is 0 Å². The molecule has 1 unspecified atom stereocenters. The van der Waals surface area contributed by atoms with Gasteiger partial charge in [0.2, 0.25) is 5.91 Å². The van der Waals surface area contributed by atoms with Gasteiger partial charge in [-0.2, -0.15) is 4.52 Å². The number of nitrogens with zero attached hydrogens (tertiary/aromatic N) is 6. The van der Waals surface area contributed by atoms with E-state index in [9.17, 15) is 4.79 Å². The lowest BCUT2D eigenvalue weighted by Crippen LogP contribution is -2.47. The summed E-state index contributed by atoms with van der Waals surface area (Å²) >= 11 is 0. The maximum atomic E-state index is 13.2. The number of aromatic nitrogens is 4. The summed E-state index contributed by atoms with van der Waals surface area (Å²) in [5.74, 6) is 1.95. The van der Waals surface area contributed by atoms with Gasteiger partial charge in [0.1, 0.15) is 12.1 Å². The smallest absolute Gasteiger partial charge is 0.227 e. The molecule has 30 heavy (non-hydrogen) atoms. The Balaban J connectivity index is 1.18. The largest absolute Gasteiger partial charge is 0.354 e. The number of likely N-dealkylation sites (tertiary alicyclic amines) is 1. The summed E-state index contributed by atoms with van der Waals surface area (Å²) in [6, 6.07) is 14.6. The highest BCUT2D eigenvalue weighted by molar-refractivity contribution is 5.79. The topological polar surface area (TPSA) is 66.6 Å². The van der Waals surface area contributed by atoms with Crippen LogP contribution in [0.4, 0.5) is 5.82 Å². The van der Waals surface area contributed by atoms with E-state index in [1.54, 1.807) is 10.8 Å². The molecule has 5 rings (SSSR count). The van der Waals surface area contributed by atoms with Crippen LogP contribution < -0.4 is 4.90 Å². The Morgan fingerprint density at radius 3 is 2.67 bits per heavy atom. The molecule has 2 aliphatic heterocycles. The lowest BCUT2D eigenvalue weighted by molar-refractivity contribution is -0.137. The SMILES string of the molecule is O=C(C1CCCN(c2ccc3nncn3n2)C1)N1CCC(Cc2ccccc2)CC1. The minimum Gasteiger partial charge on any atom is -0.354 e. The van der Waals surface area contributed by atoms with Gasteiger partial charge in [-0.05, 0) is 55.7 Å². The third-order valence-electron chi connectivity index (χ3n) is 6.54. The molecule has 2 fully saturated rings. The molecule has 0 N–H and O–H groups in total. The van der Waals surface area contributed by atoms with Crippen LogP contribution in [0.15, 0.2) is 48.8 Å². The number of benzene rings is 1. The highest BCUT2D eigenvalue weighted by Gasteiger charge is 2.32. The number of amides is 1. The lowest BCUT2D eigenvalue weighted by Gasteiger charge is -2.38. The van der Waals surface area contributed by atoms with Gasteiger partial charge >= 0.3 is 0 Å². The van der Waals surface area contributed by atoms with Crippen LogP contribution >= 0.6 is 0 Å². The van der Waals surface area contributed by atoms with Gasteiger partial charge < -0.3 is 9.80 Å². The summed E-state index contributed by atoms with van der Waals surface area (Å²) in [6.45, 7) is 3.45. The fourth-order valence-corrected chi connectivity index (χ4v) is 4.84. The quantitative estimate of drug-likeness (QED) is 0.669. The van der Waals surface area contributed by atoms with Gasteiger partial charge in [0.15, 0.2) is 5.65 Å². The van der Waals surface area contributed by atoms with Crippen LogP contribution in [-0.4, -0.2) is 56.8 Å². The molecule has 7 nitrogen and oxygen atoms in total. The number of hydrogen-bond acceptors (Lipinski definition) is 5. The standard InChI is InChI=1S/C23H28N6O/c30-23(27-13-10-19(11-14-27)15-18-5-2-1-3-6-18)20-7-4-12-28(16-20)22-9-8-21-25-24-17-29(21)26-22/h1-3,5-6,8-9,17,19-20H,4,7,10-16H2. The fraction of sp³-hybridized carbons (Fsp3) is 0.478. The van der Waals surface area contributed by atoms with Crippen molar-refractivity contribution in [2.75, 3.05) is 31.1 Å². The number of rotatable bonds is 4. The van der Waals surface area contributed by atoms with Crippen LogP contribution in [0.2, 0.25) is 0 Å². The summed E-state index contributed by atoms with van der Waals surface area (Å²) in [5, 5.41) is 12.5. The number of piperidine rings is 2. The number of carbonyl (C=O) groups excluding carboxylic acids is 1. The Morgan fingerprint density at radius 1 is 1.00 bits per heavy atom. The number of hydrogen-bond donors (Lipinski definition) is 0. The molecule has 156 valence electrons. The normalized spacial score (nSPS) is 20.6. The molecule has 1 aromatic carbocycles. The molecule has 2 aromatic heterocycles. The van der Waals surface area contributed by atoms with E-state index in [2.05, 4.69) is 55.4 Å². The predicted molar refractivity (Wildman–Crippen MR) is 115 cm³/mol. The molecule has 0 spiro atoms. The summed E-state index contributed by atoms with van der Waals surface area (Å²) in [7, 11) is 0. The molecule has 0 saturated carbocycles. The Kier molecular flexibility index (Phi) is 5.34. The van der Waals surface area contributed by atoms with Crippen molar-refractivity contribution in [1.82, 2.24) is 24.7 Å². The van der Waals surface area contributed by atoms with E-state index in [1.807, 2.05) is 12.1 Å². The Morgan fingerprint density at radius 2 is 1.83 bits per heavy atom. The molecule has 2 saturated heterocycles. The van der Waals surface area contributed by atoms with E-state index in [-0.39, 0.29) is 5.92 Å². The third kappa shape index (κ3) is 4.01. The van der Waals surface area contributed by atoms with Gasteiger partial charge in [-0.15, -0.1) is 15.3 Å². The van der Waals surface area contributed by atoms with E-state index in [0.29, 0.717) is 11.8 Å². The highest BCUT2D eigenvalue weighted by Crippen LogP contribution is 2.27. The van der Waals surface area contributed by atoms with E-state index < -0.39 is 0 Å². The summed E-state index contributed by atoms with van der Waals surface area (Å²) < 4.78 is 1.69. The second-order valence-corrected chi connectivity index (χ2v) is 8.57. The molecule has 3 aromatic rings. The van der Waals surface area contributed by atoms with Crippen LogP contribution in [0.1, 0.15) is 31.2 Å². The van der Waals surface area contributed by atoms with Crippen LogP contribution in [0.25, 0.3) is 5.65 Å². The molecule has 1 amide bonds. The first kappa shape index (κ1) is 19.0. The molecule has 0 aliphatic carbocycles. The van der Waals surface area contributed by atoms with Crippen LogP contribution in [0.3, 0.4) is 0 Å². The molecule has 7 heteroatoms. The van der Waals surface area contributed by atoms with Gasteiger partial charge in [-0.3, -0.25) is 4.79 Å².